The predicted molar refractivity (Wildman–Crippen MR) is 116 cm³/mol. The molecule has 1 aromatic heterocycles. The van der Waals surface area contributed by atoms with Crippen molar-refractivity contribution in [1.29, 1.82) is 5.26 Å². The highest BCUT2D eigenvalue weighted by Crippen LogP contribution is 2.49. The van der Waals surface area contributed by atoms with Crippen LogP contribution in [0.5, 0.6) is 34.6 Å². The average Bonchev–Trinajstić information content (AvgIpc) is 3.48. The highest BCUT2D eigenvalue weighted by molar-refractivity contribution is 5.73. The second-order valence-corrected chi connectivity index (χ2v) is 7.27. The molecule has 3 aromatic rings. The van der Waals surface area contributed by atoms with E-state index in [-0.39, 0.29) is 24.1 Å². The SMILES string of the molecule is COc1cc([C@H]2C(C#N)=C(N)Oc3n[nH]c(-c4ccc5c(c4)OCO5)c32)cc(OC)c1OC. The van der Waals surface area contributed by atoms with E-state index >= 15 is 0 Å². The molecule has 33 heavy (non-hydrogen) atoms. The summed E-state index contributed by atoms with van der Waals surface area (Å²) in [5, 5.41) is 17.3. The van der Waals surface area contributed by atoms with Crippen molar-refractivity contribution >= 4 is 0 Å². The quantitative estimate of drug-likeness (QED) is 0.604. The topological polar surface area (TPSA) is 134 Å². The van der Waals surface area contributed by atoms with Gasteiger partial charge in [0.1, 0.15) is 11.6 Å². The van der Waals surface area contributed by atoms with Crippen LogP contribution in [0.4, 0.5) is 0 Å². The highest BCUT2D eigenvalue weighted by atomic mass is 16.7. The molecule has 0 saturated heterocycles. The van der Waals surface area contributed by atoms with Gasteiger partial charge in [-0.3, -0.25) is 5.10 Å². The number of rotatable bonds is 5. The number of nitrogens with zero attached hydrogens (tertiary/aromatic N) is 2. The van der Waals surface area contributed by atoms with Gasteiger partial charge in [0.2, 0.25) is 24.3 Å². The minimum Gasteiger partial charge on any atom is -0.493 e. The van der Waals surface area contributed by atoms with Crippen molar-refractivity contribution in [2.24, 2.45) is 5.73 Å². The fourth-order valence-corrected chi connectivity index (χ4v) is 4.12. The van der Waals surface area contributed by atoms with Crippen molar-refractivity contribution in [3.8, 4) is 52.0 Å². The lowest BCUT2D eigenvalue weighted by Gasteiger charge is -2.25. The zero-order valence-electron chi connectivity index (χ0n) is 18.1. The summed E-state index contributed by atoms with van der Waals surface area (Å²) in [6.07, 6.45) is 0. The molecule has 5 rings (SSSR count). The summed E-state index contributed by atoms with van der Waals surface area (Å²) in [4.78, 5) is 0. The molecule has 0 bridgehead atoms. The first kappa shape index (κ1) is 20.4. The largest absolute Gasteiger partial charge is 0.493 e. The number of aromatic nitrogens is 2. The predicted octanol–water partition coefficient (Wildman–Crippen LogP) is 3.05. The summed E-state index contributed by atoms with van der Waals surface area (Å²) in [5.74, 6) is 2.26. The monoisotopic (exact) mass is 448 g/mol. The van der Waals surface area contributed by atoms with Crippen LogP contribution in [0.1, 0.15) is 17.0 Å². The van der Waals surface area contributed by atoms with Crippen molar-refractivity contribution in [2.45, 2.75) is 5.92 Å². The van der Waals surface area contributed by atoms with Crippen LogP contribution < -0.4 is 34.2 Å². The van der Waals surface area contributed by atoms with Crippen LogP contribution in [0.15, 0.2) is 41.8 Å². The van der Waals surface area contributed by atoms with Crippen LogP contribution in [0.2, 0.25) is 0 Å². The molecule has 0 spiro atoms. The number of hydrogen-bond donors (Lipinski definition) is 2. The van der Waals surface area contributed by atoms with Crippen molar-refractivity contribution < 1.29 is 28.4 Å². The number of nitriles is 1. The summed E-state index contributed by atoms with van der Waals surface area (Å²) in [6.45, 7) is 0.162. The van der Waals surface area contributed by atoms with Gasteiger partial charge in [-0.25, -0.2) is 0 Å². The third-order valence-corrected chi connectivity index (χ3v) is 5.62. The van der Waals surface area contributed by atoms with Crippen molar-refractivity contribution in [2.75, 3.05) is 28.1 Å². The lowest BCUT2D eigenvalue weighted by Crippen LogP contribution is -2.21. The van der Waals surface area contributed by atoms with Crippen LogP contribution in [-0.2, 0) is 0 Å². The zero-order valence-corrected chi connectivity index (χ0v) is 18.1. The first-order valence-corrected chi connectivity index (χ1v) is 9.95. The minimum absolute atomic E-state index is 0.0208. The molecule has 3 N–H and O–H groups in total. The lowest BCUT2D eigenvalue weighted by atomic mass is 9.82. The number of H-pyrrole nitrogens is 1. The molecule has 2 aliphatic rings. The maximum atomic E-state index is 9.98. The molecule has 0 saturated carbocycles. The van der Waals surface area contributed by atoms with E-state index in [1.807, 2.05) is 18.2 Å². The van der Waals surface area contributed by atoms with Gasteiger partial charge in [-0.1, -0.05) is 0 Å². The van der Waals surface area contributed by atoms with E-state index in [1.54, 1.807) is 12.1 Å². The van der Waals surface area contributed by atoms with Crippen molar-refractivity contribution in [1.82, 2.24) is 10.2 Å². The van der Waals surface area contributed by atoms with E-state index in [2.05, 4.69) is 16.3 Å². The van der Waals surface area contributed by atoms with Crippen LogP contribution in [0, 0.1) is 11.3 Å². The molecular weight excluding hydrogens is 428 g/mol. The first-order chi connectivity index (χ1) is 16.1. The van der Waals surface area contributed by atoms with E-state index in [0.29, 0.717) is 45.6 Å². The number of hydrogen-bond acceptors (Lipinski definition) is 9. The maximum Gasteiger partial charge on any atom is 0.244 e. The average molecular weight is 448 g/mol. The van der Waals surface area contributed by atoms with Gasteiger partial charge in [0, 0.05) is 5.56 Å². The van der Waals surface area contributed by atoms with Gasteiger partial charge in [-0.2, -0.15) is 5.26 Å². The number of benzene rings is 2. The summed E-state index contributed by atoms with van der Waals surface area (Å²) >= 11 is 0. The third kappa shape index (κ3) is 3.13. The molecular formula is C23H20N4O6. The number of nitrogens with two attached hydrogens (primary N) is 1. The molecule has 2 aromatic carbocycles. The van der Waals surface area contributed by atoms with Crippen LogP contribution in [0.25, 0.3) is 11.3 Å². The van der Waals surface area contributed by atoms with E-state index in [1.165, 1.54) is 21.3 Å². The van der Waals surface area contributed by atoms with Crippen molar-refractivity contribution in [3.05, 3.63) is 52.9 Å². The molecule has 0 radical (unpaired) electrons. The highest BCUT2D eigenvalue weighted by Gasteiger charge is 2.37. The molecule has 2 aliphatic heterocycles. The second kappa shape index (κ2) is 7.87. The van der Waals surface area contributed by atoms with Gasteiger partial charge < -0.3 is 34.2 Å². The zero-order chi connectivity index (χ0) is 23.1. The molecule has 168 valence electrons. The fraction of sp³-hybridized carbons (Fsp3) is 0.217. The summed E-state index contributed by atoms with van der Waals surface area (Å²) in [5.41, 5.74) is 9.12. The number of methoxy groups -OCH3 is 3. The molecule has 10 heteroatoms. The van der Waals surface area contributed by atoms with Gasteiger partial charge in [-0.15, -0.1) is 5.10 Å². The van der Waals surface area contributed by atoms with E-state index in [0.717, 1.165) is 5.56 Å². The Balaban J connectivity index is 1.73. The Labute approximate surface area is 189 Å². The summed E-state index contributed by atoms with van der Waals surface area (Å²) < 4.78 is 33.1. The Bertz CT molecular complexity index is 1300. The third-order valence-electron chi connectivity index (χ3n) is 5.62. The van der Waals surface area contributed by atoms with Gasteiger partial charge >= 0.3 is 0 Å². The number of fused-ring (bicyclic) bond motifs is 2. The van der Waals surface area contributed by atoms with E-state index in [9.17, 15) is 5.26 Å². The first-order valence-electron chi connectivity index (χ1n) is 9.95. The summed E-state index contributed by atoms with van der Waals surface area (Å²) in [7, 11) is 4.59. The Morgan fingerprint density at radius 2 is 1.79 bits per heavy atom. The Morgan fingerprint density at radius 3 is 2.45 bits per heavy atom. The van der Waals surface area contributed by atoms with Crippen LogP contribution >= 0.6 is 0 Å². The van der Waals surface area contributed by atoms with E-state index < -0.39 is 5.92 Å². The Hall–Kier alpha value is -4.52. The molecule has 0 unspecified atom stereocenters. The second-order valence-electron chi connectivity index (χ2n) is 7.27. The van der Waals surface area contributed by atoms with Crippen LogP contribution in [0.3, 0.4) is 0 Å². The molecule has 0 aliphatic carbocycles. The number of allylic oxidation sites excluding steroid dienone is 1. The molecule has 3 heterocycles. The number of nitrogens with one attached hydrogen (secondary N) is 1. The van der Waals surface area contributed by atoms with Gasteiger partial charge in [0.05, 0.1) is 38.5 Å². The lowest BCUT2D eigenvalue weighted by molar-refractivity contribution is 0.174. The Morgan fingerprint density at radius 1 is 1.06 bits per heavy atom. The molecule has 0 amide bonds. The van der Waals surface area contributed by atoms with Gasteiger partial charge in [0.15, 0.2) is 23.0 Å². The molecule has 1 atom stereocenters. The van der Waals surface area contributed by atoms with Gasteiger partial charge in [0.25, 0.3) is 0 Å². The van der Waals surface area contributed by atoms with Gasteiger partial charge in [-0.05, 0) is 35.9 Å². The maximum absolute atomic E-state index is 9.98. The minimum atomic E-state index is -0.605. The number of aromatic amines is 1. The van der Waals surface area contributed by atoms with Crippen molar-refractivity contribution in [3.63, 3.8) is 0 Å². The molecule has 0 fully saturated rings. The smallest absolute Gasteiger partial charge is 0.244 e. The van der Waals surface area contributed by atoms with E-state index in [4.69, 9.17) is 34.2 Å². The normalized spacial score (nSPS) is 16.0. The fourth-order valence-electron chi connectivity index (χ4n) is 4.12. The number of ether oxygens (including phenoxy) is 6. The van der Waals surface area contributed by atoms with Crippen LogP contribution in [-0.4, -0.2) is 38.3 Å². The standard InChI is InChI=1S/C23H20N4O6/c1-28-16-7-12(8-17(29-2)21(16)30-3)18-13(9-24)22(25)33-23-19(18)20(26-27-23)11-4-5-14-15(6-11)32-10-31-14/h4-8,18H,10,25H2,1-3H3,(H,26,27)/t18-/m0/s1. The molecule has 10 nitrogen and oxygen atoms in total. The Kier molecular flexibility index (Phi) is 4.86. The summed E-state index contributed by atoms with van der Waals surface area (Å²) in [6, 6.07) is 11.3.